The average Bonchev–Trinajstić information content (AvgIpc) is 3.33. The third-order valence-electron chi connectivity index (χ3n) is 5.98. The van der Waals surface area contributed by atoms with Crippen molar-refractivity contribution in [2.24, 2.45) is 5.41 Å². The normalized spacial score (nSPS) is 20.2. The summed E-state index contributed by atoms with van der Waals surface area (Å²) in [5.41, 5.74) is 3.83. The van der Waals surface area contributed by atoms with Crippen molar-refractivity contribution in [1.29, 1.82) is 0 Å². The first-order valence-electron chi connectivity index (χ1n) is 10.2. The lowest BCUT2D eigenvalue weighted by atomic mass is 10.00. The van der Waals surface area contributed by atoms with Crippen molar-refractivity contribution in [3.8, 4) is 0 Å². The lowest BCUT2D eigenvalue weighted by molar-refractivity contribution is -0.112. The topological polar surface area (TPSA) is 84.2 Å². The summed E-state index contributed by atoms with van der Waals surface area (Å²) in [5.74, 6) is -4.00. The summed E-state index contributed by atoms with van der Waals surface area (Å²) in [6.07, 6.45) is 0.626. The number of hydrogen-bond acceptors (Lipinski definition) is 4. The molecule has 0 heterocycles. The van der Waals surface area contributed by atoms with E-state index in [1.165, 1.54) is 30.3 Å². The quantitative estimate of drug-likeness (QED) is 0.190. The Bertz CT molecular complexity index is 1340. The molecule has 0 saturated heterocycles. The molecular weight excluding hydrogens is 526 g/mol. The molecule has 1 aliphatic carbocycles. The molecule has 4 N–H and O–H groups in total. The van der Waals surface area contributed by atoms with E-state index in [0.29, 0.717) is 17.5 Å². The van der Waals surface area contributed by atoms with E-state index in [0.717, 1.165) is 12.1 Å². The van der Waals surface area contributed by atoms with Crippen LogP contribution in [0.25, 0.3) is 0 Å². The Morgan fingerprint density at radius 1 is 1.09 bits per heavy atom. The van der Waals surface area contributed by atoms with Gasteiger partial charge in [-0.25, -0.2) is 13.2 Å². The summed E-state index contributed by atoms with van der Waals surface area (Å²) in [4.78, 5) is 24.8. The van der Waals surface area contributed by atoms with E-state index < -0.39 is 44.7 Å². The number of anilines is 3. The van der Waals surface area contributed by atoms with Gasteiger partial charge in [0.2, 0.25) is 0 Å². The molecule has 5 nitrogen and oxygen atoms in total. The van der Waals surface area contributed by atoms with Crippen LogP contribution in [0.1, 0.15) is 21.8 Å². The number of rotatable bonds is 7. The van der Waals surface area contributed by atoms with Gasteiger partial charge in [-0.1, -0.05) is 46.9 Å². The Balaban J connectivity index is 1.54. The molecule has 0 spiro atoms. The molecule has 3 aromatic carbocycles. The van der Waals surface area contributed by atoms with Gasteiger partial charge in [0.05, 0.1) is 21.7 Å². The van der Waals surface area contributed by atoms with Crippen molar-refractivity contribution in [3.63, 3.8) is 0 Å². The largest absolute Gasteiger partial charge is 0.394 e. The van der Waals surface area contributed by atoms with Crippen molar-refractivity contribution in [2.45, 2.75) is 10.3 Å². The number of carbonyl (C=O) groups is 2. The SMILES string of the molecule is Nc1c(F)ccc(NC(=O)c2cc(NCC3(C=O)C(c4cccc(F)c4)C3(Cl)Cl)ccc2Cl)c1F. The smallest absolute Gasteiger partial charge is 0.257 e. The second-order valence-corrected chi connectivity index (χ2v) is 9.89. The zero-order valence-corrected chi connectivity index (χ0v) is 20.0. The molecule has 0 aromatic heterocycles. The number of alkyl halides is 2. The van der Waals surface area contributed by atoms with Crippen molar-refractivity contribution < 1.29 is 22.8 Å². The first-order chi connectivity index (χ1) is 16.5. The second kappa shape index (κ2) is 9.26. The van der Waals surface area contributed by atoms with Gasteiger partial charge in [0.1, 0.15) is 27.9 Å². The summed E-state index contributed by atoms with van der Waals surface area (Å²) >= 11 is 19.0. The van der Waals surface area contributed by atoms with Gasteiger partial charge in [0.15, 0.2) is 5.82 Å². The second-order valence-electron chi connectivity index (χ2n) is 8.09. The molecule has 0 bridgehead atoms. The molecule has 3 aromatic rings. The van der Waals surface area contributed by atoms with Gasteiger partial charge < -0.3 is 21.2 Å². The van der Waals surface area contributed by atoms with E-state index in [9.17, 15) is 22.8 Å². The number of nitrogens with two attached hydrogens (primary N) is 1. The maximum Gasteiger partial charge on any atom is 0.257 e. The fourth-order valence-electron chi connectivity index (χ4n) is 3.99. The zero-order chi connectivity index (χ0) is 25.5. The molecule has 1 aliphatic rings. The molecule has 1 saturated carbocycles. The lowest BCUT2D eigenvalue weighted by Crippen LogP contribution is -2.23. The minimum absolute atomic E-state index is 0.0281. The summed E-state index contributed by atoms with van der Waals surface area (Å²) in [6.45, 7) is -0.0313. The standard InChI is InChI=1S/C24H17Cl3F3N3O2/c25-16-5-4-14(9-15(16)22(35)33-18-7-6-17(29)20(31)19(18)30)32-10-23(11-34)21(24(23,26)27)12-2-1-3-13(28)8-12/h1-9,11,21,32H,10,31H2,(H,33,35). The maximum absolute atomic E-state index is 14.2. The van der Waals surface area contributed by atoms with Crippen LogP contribution in [0.4, 0.5) is 30.2 Å². The summed E-state index contributed by atoms with van der Waals surface area (Å²) in [5, 5.41) is 5.36. The molecular formula is C24H17Cl3F3N3O2. The third-order valence-corrected chi connectivity index (χ3v) is 7.45. The number of halogens is 6. The van der Waals surface area contributed by atoms with Gasteiger partial charge in [-0.05, 0) is 48.0 Å². The molecule has 1 fully saturated rings. The van der Waals surface area contributed by atoms with Gasteiger partial charge in [0.25, 0.3) is 5.91 Å². The summed E-state index contributed by atoms with van der Waals surface area (Å²) < 4.78 is 39.8. The molecule has 2 unspecified atom stereocenters. The number of carbonyl (C=O) groups excluding carboxylic acids is 2. The van der Waals surface area contributed by atoms with Crippen molar-refractivity contribution in [1.82, 2.24) is 0 Å². The molecule has 35 heavy (non-hydrogen) atoms. The van der Waals surface area contributed by atoms with Crippen LogP contribution < -0.4 is 16.4 Å². The van der Waals surface area contributed by atoms with Crippen LogP contribution in [0.3, 0.4) is 0 Å². The number of amides is 1. The predicted octanol–water partition coefficient (Wildman–Crippen LogP) is 6.16. The van der Waals surface area contributed by atoms with Crippen LogP contribution in [0.2, 0.25) is 5.02 Å². The van der Waals surface area contributed by atoms with Gasteiger partial charge in [-0.2, -0.15) is 0 Å². The Hall–Kier alpha value is -2.94. The molecule has 11 heteroatoms. The molecule has 4 rings (SSSR count). The first kappa shape index (κ1) is 25.2. The number of benzene rings is 3. The average molecular weight is 543 g/mol. The highest BCUT2D eigenvalue weighted by Crippen LogP contribution is 2.73. The predicted molar refractivity (Wildman–Crippen MR) is 131 cm³/mol. The highest BCUT2D eigenvalue weighted by molar-refractivity contribution is 6.54. The third kappa shape index (κ3) is 4.42. The van der Waals surface area contributed by atoms with Crippen LogP contribution in [0, 0.1) is 22.9 Å². The molecule has 182 valence electrons. The lowest BCUT2D eigenvalue weighted by Gasteiger charge is -2.15. The Morgan fingerprint density at radius 3 is 2.51 bits per heavy atom. The fourth-order valence-corrected chi connectivity index (χ4v) is 5.17. The van der Waals surface area contributed by atoms with Crippen molar-refractivity contribution >= 4 is 64.1 Å². The Morgan fingerprint density at radius 2 is 1.83 bits per heavy atom. The Kier molecular flexibility index (Phi) is 6.66. The monoisotopic (exact) mass is 541 g/mol. The van der Waals surface area contributed by atoms with Gasteiger partial charge >= 0.3 is 0 Å². The maximum atomic E-state index is 14.2. The van der Waals surface area contributed by atoms with E-state index in [1.807, 2.05) is 0 Å². The molecule has 2 atom stereocenters. The van der Waals surface area contributed by atoms with Crippen LogP contribution in [0.15, 0.2) is 54.6 Å². The van der Waals surface area contributed by atoms with E-state index in [4.69, 9.17) is 40.5 Å². The van der Waals surface area contributed by atoms with Crippen LogP contribution in [-0.4, -0.2) is 23.1 Å². The van der Waals surface area contributed by atoms with Crippen LogP contribution in [-0.2, 0) is 4.79 Å². The van der Waals surface area contributed by atoms with Gasteiger partial charge in [0, 0.05) is 18.2 Å². The van der Waals surface area contributed by atoms with Gasteiger partial charge in [-0.3, -0.25) is 4.79 Å². The minimum Gasteiger partial charge on any atom is -0.394 e. The number of aldehydes is 1. The first-order valence-corrected chi connectivity index (χ1v) is 11.3. The van der Waals surface area contributed by atoms with Crippen LogP contribution in [0.5, 0.6) is 0 Å². The summed E-state index contributed by atoms with van der Waals surface area (Å²) in [6, 6.07) is 12.0. The highest BCUT2D eigenvalue weighted by atomic mass is 35.5. The number of hydrogen-bond donors (Lipinski definition) is 3. The molecule has 1 amide bonds. The van der Waals surface area contributed by atoms with E-state index in [1.54, 1.807) is 12.1 Å². The molecule has 0 aliphatic heterocycles. The minimum atomic E-state index is -1.48. The fraction of sp³-hybridized carbons (Fsp3) is 0.167. The number of nitrogen functional groups attached to an aromatic ring is 1. The zero-order valence-electron chi connectivity index (χ0n) is 17.7. The highest BCUT2D eigenvalue weighted by Gasteiger charge is 2.76. The van der Waals surface area contributed by atoms with Crippen LogP contribution >= 0.6 is 34.8 Å². The van der Waals surface area contributed by atoms with Gasteiger partial charge in [-0.15, -0.1) is 0 Å². The molecule has 0 radical (unpaired) electrons. The summed E-state index contributed by atoms with van der Waals surface area (Å²) in [7, 11) is 0. The van der Waals surface area contributed by atoms with E-state index in [2.05, 4.69) is 10.6 Å². The van der Waals surface area contributed by atoms with E-state index >= 15 is 0 Å². The van der Waals surface area contributed by atoms with E-state index in [-0.39, 0.29) is 22.8 Å². The number of nitrogens with one attached hydrogen (secondary N) is 2. The van der Waals surface area contributed by atoms with Crippen molar-refractivity contribution in [3.05, 3.63) is 88.2 Å². The Labute approximate surface area is 213 Å². The van der Waals surface area contributed by atoms with Crippen molar-refractivity contribution in [2.75, 3.05) is 22.9 Å².